The molecule has 28 heavy (non-hydrogen) atoms. The van der Waals surface area contributed by atoms with Crippen LogP contribution in [0.4, 0.5) is 5.69 Å². The molecular formula is C19H25ClN2O4S2. The lowest BCUT2D eigenvalue weighted by atomic mass is 9.95. The predicted octanol–water partition coefficient (Wildman–Crippen LogP) is 3.26. The van der Waals surface area contributed by atoms with E-state index in [2.05, 4.69) is 10.6 Å². The Kier molecular flexibility index (Phi) is 7.28. The molecule has 1 atom stereocenters. The third-order valence-electron chi connectivity index (χ3n) is 5.08. The Morgan fingerprint density at radius 1 is 1.14 bits per heavy atom. The standard InChI is InChI=1S/C19H25ClN2O4S2/c20-17-7-6-14(10-16(17)19(24)22-13-4-2-1-3-5-13)21-18(23)11-27-15-8-9-28(25,26)12-15/h6-7,10,13,15H,1-5,8-9,11-12H2,(H,21,23)(H,22,24). The molecule has 1 aromatic rings. The third kappa shape index (κ3) is 6.12. The quantitative estimate of drug-likeness (QED) is 0.702. The van der Waals surface area contributed by atoms with Gasteiger partial charge in [-0.3, -0.25) is 9.59 Å². The van der Waals surface area contributed by atoms with Gasteiger partial charge >= 0.3 is 0 Å². The predicted molar refractivity (Wildman–Crippen MR) is 114 cm³/mol. The average molecular weight is 445 g/mol. The average Bonchev–Trinajstić information content (AvgIpc) is 3.01. The number of amides is 2. The van der Waals surface area contributed by atoms with Crippen LogP contribution in [0.25, 0.3) is 0 Å². The molecule has 9 heteroatoms. The second-order valence-corrected chi connectivity index (χ2v) is 11.3. The van der Waals surface area contributed by atoms with Crippen LogP contribution in [0.5, 0.6) is 0 Å². The molecule has 154 valence electrons. The highest BCUT2D eigenvalue weighted by molar-refractivity contribution is 8.02. The Hall–Kier alpha value is -1.25. The van der Waals surface area contributed by atoms with Gasteiger partial charge in [0, 0.05) is 17.0 Å². The highest BCUT2D eigenvalue weighted by Gasteiger charge is 2.28. The summed E-state index contributed by atoms with van der Waals surface area (Å²) < 4.78 is 23.0. The molecule has 0 radical (unpaired) electrons. The molecule has 1 saturated heterocycles. The summed E-state index contributed by atoms with van der Waals surface area (Å²) in [6, 6.07) is 5.02. The van der Waals surface area contributed by atoms with Crippen molar-refractivity contribution in [3.8, 4) is 0 Å². The van der Waals surface area contributed by atoms with Crippen molar-refractivity contribution in [1.29, 1.82) is 0 Å². The number of carbonyl (C=O) groups is 2. The largest absolute Gasteiger partial charge is 0.349 e. The minimum absolute atomic E-state index is 0.0298. The van der Waals surface area contributed by atoms with Gasteiger partial charge in [-0.05, 0) is 37.5 Å². The maximum Gasteiger partial charge on any atom is 0.253 e. The second kappa shape index (κ2) is 9.50. The number of hydrogen-bond acceptors (Lipinski definition) is 5. The van der Waals surface area contributed by atoms with E-state index < -0.39 is 9.84 Å². The summed E-state index contributed by atoms with van der Waals surface area (Å²) >= 11 is 7.54. The van der Waals surface area contributed by atoms with Crippen LogP contribution in [0, 0.1) is 0 Å². The van der Waals surface area contributed by atoms with E-state index in [4.69, 9.17) is 11.6 Å². The van der Waals surface area contributed by atoms with Crippen molar-refractivity contribution in [3.05, 3.63) is 28.8 Å². The highest BCUT2D eigenvalue weighted by Crippen LogP contribution is 2.25. The Morgan fingerprint density at radius 3 is 2.57 bits per heavy atom. The zero-order valence-corrected chi connectivity index (χ0v) is 18.0. The van der Waals surface area contributed by atoms with Gasteiger partial charge in [-0.25, -0.2) is 8.42 Å². The third-order valence-corrected chi connectivity index (χ3v) is 8.69. The van der Waals surface area contributed by atoms with Crippen molar-refractivity contribution in [2.75, 3.05) is 22.6 Å². The SMILES string of the molecule is O=C(CSC1CCS(=O)(=O)C1)Nc1ccc(Cl)c(C(=O)NC2CCCCC2)c1. The maximum absolute atomic E-state index is 12.6. The first-order chi connectivity index (χ1) is 13.3. The first-order valence-corrected chi connectivity index (χ1v) is 12.8. The van der Waals surface area contributed by atoms with Crippen LogP contribution in [-0.4, -0.2) is 48.8 Å². The molecule has 3 rings (SSSR count). The minimum Gasteiger partial charge on any atom is -0.349 e. The Labute approximate surface area is 175 Å². The lowest BCUT2D eigenvalue weighted by Crippen LogP contribution is -2.36. The fourth-order valence-electron chi connectivity index (χ4n) is 3.57. The van der Waals surface area contributed by atoms with Crippen molar-refractivity contribution in [2.24, 2.45) is 0 Å². The van der Waals surface area contributed by atoms with Gasteiger partial charge in [-0.2, -0.15) is 0 Å². The summed E-state index contributed by atoms with van der Waals surface area (Å²) in [5.41, 5.74) is 0.849. The maximum atomic E-state index is 12.6. The van der Waals surface area contributed by atoms with Gasteiger partial charge in [0.05, 0.1) is 27.8 Å². The van der Waals surface area contributed by atoms with E-state index >= 15 is 0 Å². The van der Waals surface area contributed by atoms with Crippen molar-refractivity contribution in [1.82, 2.24) is 5.32 Å². The zero-order chi connectivity index (χ0) is 20.1. The summed E-state index contributed by atoms with van der Waals surface area (Å²) in [6.07, 6.45) is 6.00. The molecule has 2 aliphatic rings. The van der Waals surface area contributed by atoms with Crippen LogP contribution in [0.3, 0.4) is 0 Å². The van der Waals surface area contributed by atoms with Crippen LogP contribution in [0.2, 0.25) is 5.02 Å². The lowest BCUT2D eigenvalue weighted by molar-refractivity contribution is -0.113. The van der Waals surface area contributed by atoms with Gasteiger partial charge < -0.3 is 10.6 Å². The molecular weight excluding hydrogens is 420 g/mol. The smallest absolute Gasteiger partial charge is 0.253 e. The fourth-order valence-corrected chi connectivity index (χ4v) is 7.22. The number of halogens is 1. The van der Waals surface area contributed by atoms with E-state index in [1.54, 1.807) is 18.2 Å². The molecule has 6 nitrogen and oxygen atoms in total. The van der Waals surface area contributed by atoms with Gasteiger partial charge in [0.1, 0.15) is 0 Å². The second-order valence-electron chi connectivity index (χ2n) is 7.39. The highest BCUT2D eigenvalue weighted by atomic mass is 35.5. The van der Waals surface area contributed by atoms with Crippen molar-refractivity contribution >= 4 is 50.7 Å². The Morgan fingerprint density at radius 2 is 1.89 bits per heavy atom. The van der Waals surface area contributed by atoms with Gasteiger partial charge in [0.15, 0.2) is 9.84 Å². The molecule has 1 saturated carbocycles. The van der Waals surface area contributed by atoms with Crippen LogP contribution in [0.1, 0.15) is 48.9 Å². The zero-order valence-electron chi connectivity index (χ0n) is 15.6. The number of rotatable bonds is 6. The van der Waals surface area contributed by atoms with Gasteiger partial charge in [0.2, 0.25) is 5.91 Å². The summed E-state index contributed by atoms with van der Waals surface area (Å²) in [4.78, 5) is 24.8. The molecule has 0 bridgehead atoms. The van der Waals surface area contributed by atoms with Crippen LogP contribution in [-0.2, 0) is 14.6 Å². The molecule has 0 spiro atoms. The van der Waals surface area contributed by atoms with E-state index in [0.717, 1.165) is 25.7 Å². The number of thioether (sulfide) groups is 1. The fraction of sp³-hybridized carbons (Fsp3) is 0.579. The molecule has 1 aliphatic heterocycles. The molecule has 2 fully saturated rings. The van der Waals surface area contributed by atoms with E-state index in [1.807, 2.05) is 0 Å². The minimum atomic E-state index is -2.95. The number of hydrogen-bond donors (Lipinski definition) is 2. The topological polar surface area (TPSA) is 92.3 Å². The number of sulfone groups is 1. The summed E-state index contributed by atoms with van der Waals surface area (Å²) in [5.74, 6) is 0.0565. The van der Waals surface area contributed by atoms with E-state index in [9.17, 15) is 18.0 Å². The van der Waals surface area contributed by atoms with Crippen molar-refractivity contribution < 1.29 is 18.0 Å². The first kappa shape index (κ1) is 21.5. The molecule has 2 N–H and O–H groups in total. The molecule has 1 aliphatic carbocycles. The molecule has 2 amide bonds. The Balaban J connectivity index is 1.54. The van der Waals surface area contributed by atoms with Crippen LogP contribution in [0.15, 0.2) is 18.2 Å². The number of benzene rings is 1. The lowest BCUT2D eigenvalue weighted by Gasteiger charge is -2.23. The Bertz CT molecular complexity index is 838. The number of anilines is 1. The molecule has 0 aromatic heterocycles. The van der Waals surface area contributed by atoms with Gasteiger partial charge in [-0.1, -0.05) is 30.9 Å². The van der Waals surface area contributed by atoms with Crippen molar-refractivity contribution in [3.63, 3.8) is 0 Å². The van der Waals surface area contributed by atoms with E-state index in [0.29, 0.717) is 22.7 Å². The van der Waals surface area contributed by atoms with Gasteiger partial charge in [-0.15, -0.1) is 11.8 Å². The number of carbonyl (C=O) groups excluding carboxylic acids is 2. The summed E-state index contributed by atoms with van der Waals surface area (Å²) in [5, 5.41) is 6.11. The monoisotopic (exact) mass is 444 g/mol. The van der Waals surface area contributed by atoms with E-state index in [1.165, 1.54) is 18.2 Å². The van der Waals surface area contributed by atoms with Crippen molar-refractivity contribution in [2.45, 2.75) is 49.8 Å². The van der Waals surface area contributed by atoms with Crippen LogP contribution >= 0.6 is 23.4 Å². The molecule has 1 unspecified atom stereocenters. The van der Waals surface area contributed by atoms with Gasteiger partial charge in [0.25, 0.3) is 5.91 Å². The first-order valence-electron chi connectivity index (χ1n) is 9.55. The molecule has 1 aromatic carbocycles. The normalized spacial score (nSPS) is 22.0. The summed E-state index contributed by atoms with van der Waals surface area (Å²) in [6.45, 7) is 0. The summed E-state index contributed by atoms with van der Waals surface area (Å²) in [7, 11) is -2.95. The number of nitrogens with one attached hydrogen (secondary N) is 2. The van der Waals surface area contributed by atoms with E-state index in [-0.39, 0.29) is 40.4 Å². The molecule has 1 heterocycles. The van der Waals surface area contributed by atoms with Crippen LogP contribution < -0.4 is 10.6 Å².